The first-order chi connectivity index (χ1) is 13.3. The summed E-state index contributed by atoms with van der Waals surface area (Å²) in [6.45, 7) is 16.5. The van der Waals surface area contributed by atoms with Gasteiger partial charge in [0.25, 0.3) is 0 Å². The Kier molecular flexibility index (Phi) is 4.68. The van der Waals surface area contributed by atoms with Crippen molar-refractivity contribution in [3.63, 3.8) is 0 Å². The maximum Gasteiger partial charge on any atom is 0.165 e. The average Bonchev–Trinajstić information content (AvgIpc) is 2.93. The summed E-state index contributed by atoms with van der Waals surface area (Å²) in [6.07, 6.45) is 3.41. The normalized spacial score (nSPS) is 16.7. The van der Waals surface area contributed by atoms with Crippen molar-refractivity contribution in [2.24, 2.45) is 0 Å². The van der Waals surface area contributed by atoms with E-state index in [9.17, 15) is 0 Å². The second kappa shape index (κ2) is 6.91. The van der Waals surface area contributed by atoms with Gasteiger partial charge in [-0.25, -0.2) is 4.98 Å². The molecule has 4 heteroatoms. The van der Waals surface area contributed by atoms with Crippen LogP contribution in [0.15, 0.2) is 12.1 Å². The molecule has 1 aromatic carbocycles. The minimum Gasteiger partial charge on any atom is -0.354 e. The molecule has 3 heterocycles. The standard InChI is InChI=1S/C24H32N4/c1-8-11-27-17(5)9-10-20-18(6)25-23-22(19(7)26-28(23)24(20)27)21-15(3)12-14(2)13-16(21)4/h12-13,17H,8-11H2,1-7H3. The van der Waals surface area contributed by atoms with Crippen molar-refractivity contribution in [2.45, 2.75) is 73.8 Å². The molecule has 4 nitrogen and oxygen atoms in total. The number of aryl methyl sites for hydroxylation is 5. The largest absolute Gasteiger partial charge is 0.354 e. The van der Waals surface area contributed by atoms with E-state index >= 15 is 0 Å². The van der Waals surface area contributed by atoms with Gasteiger partial charge in [-0.3, -0.25) is 0 Å². The Labute approximate surface area is 168 Å². The molecule has 28 heavy (non-hydrogen) atoms. The lowest BCUT2D eigenvalue weighted by atomic mass is 9.93. The van der Waals surface area contributed by atoms with Crippen LogP contribution >= 0.6 is 0 Å². The average molecular weight is 377 g/mol. The third-order valence-corrected chi connectivity index (χ3v) is 6.22. The van der Waals surface area contributed by atoms with E-state index < -0.39 is 0 Å². The van der Waals surface area contributed by atoms with Crippen LogP contribution in [0.25, 0.3) is 16.8 Å². The Morgan fingerprint density at radius 1 is 1.00 bits per heavy atom. The van der Waals surface area contributed by atoms with E-state index in [2.05, 4.69) is 70.0 Å². The molecular formula is C24H32N4. The summed E-state index contributed by atoms with van der Waals surface area (Å²) in [5.74, 6) is 1.26. The Morgan fingerprint density at radius 2 is 1.68 bits per heavy atom. The molecule has 0 amide bonds. The highest BCUT2D eigenvalue weighted by Crippen LogP contribution is 2.38. The van der Waals surface area contributed by atoms with Crippen molar-refractivity contribution in [1.82, 2.24) is 14.6 Å². The van der Waals surface area contributed by atoms with Crippen LogP contribution in [0.5, 0.6) is 0 Å². The molecule has 3 aromatic rings. The molecule has 0 fully saturated rings. The molecule has 0 saturated heterocycles. The van der Waals surface area contributed by atoms with Crippen LogP contribution in [-0.4, -0.2) is 27.2 Å². The third-order valence-electron chi connectivity index (χ3n) is 6.22. The van der Waals surface area contributed by atoms with Crippen molar-refractivity contribution < 1.29 is 0 Å². The van der Waals surface area contributed by atoms with Gasteiger partial charge in [0.2, 0.25) is 0 Å². The number of anilines is 1. The zero-order chi connectivity index (χ0) is 20.2. The number of fused-ring (bicyclic) bond motifs is 3. The van der Waals surface area contributed by atoms with Crippen LogP contribution < -0.4 is 4.90 Å². The van der Waals surface area contributed by atoms with Gasteiger partial charge in [-0.15, -0.1) is 0 Å². The van der Waals surface area contributed by atoms with Crippen LogP contribution in [0.3, 0.4) is 0 Å². The smallest absolute Gasteiger partial charge is 0.165 e. The Bertz CT molecular complexity index is 1040. The van der Waals surface area contributed by atoms with Gasteiger partial charge in [-0.05, 0) is 77.5 Å². The van der Waals surface area contributed by atoms with Crippen molar-refractivity contribution in [3.05, 3.63) is 45.8 Å². The predicted octanol–water partition coefficient (Wildman–Crippen LogP) is 5.49. The van der Waals surface area contributed by atoms with Crippen LogP contribution in [0, 0.1) is 34.6 Å². The molecule has 2 aromatic heterocycles. The van der Waals surface area contributed by atoms with Gasteiger partial charge in [-0.1, -0.05) is 24.6 Å². The summed E-state index contributed by atoms with van der Waals surface area (Å²) in [5.41, 5.74) is 11.0. The van der Waals surface area contributed by atoms with E-state index in [4.69, 9.17) is 10.1 Å². The van der Waals surface area contributed by atoms with Crippen molar-refractivity contribution >= 4 is 11.5 Å². The summed E-state index contributed by atoms with van der Waals surface area (Å²) < 4.78 is 2.14. The minimum absolute atomic E-state index is 0.535. The van der Waals surface area contributed by atoms with Crippen LogP contribution in [0.1, 0.15) is 60.3 Å². The van der Waals surface area contributed by atoms with Crippen molar-refractivity contribution in [2.75, 3.05) is 11.4 Å². The number of rotatable bonds is 3. The topological polar surface area (TPSA) is 33.4 Å². The molecule has 0 spiro atoms. The number of hydrogen-bond donors (Lipinski definition) is 0. The Morgan fingerprint density at radius 3 is 2.32 bits per heavy atom. The summed E-state index contributed by atoms with van der Waals surface area (Å²) in [7, 11) is 0. The van der Waals surface area contributed by atoms with E-state index in [1.54, 1.807) is 0 Å². The van der Waals surface area contributed by atoms with E-state index in [0.717, 1.165) is 36.4 Å². The van der Waals surface area contributed by atoms with Crippen molar-refractivity contribution in [1.29, 1.82) is 0 Å². The van der Waals surface area contributed by atoms with Gasteiger partial charge in [-0.2, -0.15) is 9.61 Å². The van der Waals surface area contributed by atoms with Gasteiger partial charge < -0.3 is 4.90 Å². The summed E-state index contributed by atoms with van der Waals surface area (Å²) in [6, 6.07) is 5.07. The lowest BCUT2D eigenvalue weighted by molar-refractivity contribution is 0.539. The number of hydrogen-bond acceptors (Lipinski definition) is 3. The molecule has 0 radical (unpaired) electrons. The minimum atomic E-state index is 0.535. The number of nitrogens with zero attached hydrogens (tertiary/aromatic N) is 4. The molecule has 1 atom stereocenters. The van der Waals surface area contributed by atoms with E-state index in [0.29, 0.717) is 6.04 Å². The first-order valence-electron chi connectivity index (χ1n) is 10.6. The van der Waals surface area contributed by atoms with Gasteiger partial charge in [0.05, 0.1) is 11.3 Å². The van der Waals surface area contributed by atoms with Gasteiger partial charge >= 0.3 is 0 Å². The molecule has 0 aliphatic carbocycles. The zero-order valence-electron chi connectivity index (χ0n) is 18.3. The summed E-state index contributed by atoms with van der Waals surface area (Å²) in [4.78, 5) is 7.63. The number of aromatic nitrogens is 3. The molecule has 0 bridgehead atoms. The summed E-state index contributed by atoms with van der Waals surface area (Å²) >= 11 is 0. The molecule has 148 valence electrons. The first-order valence-corrected chi connectivity index (χ1v) is 10.6. The Balaban J connectivity index is 2.06. The highest BCUT2D eigenvalue weighted by atomic mass is 15.4. The first kappa shape index (κ1) is 19.0. The Hall–Kier alpha value is -2.36. The maximum absolute atomic E-state index is 5.08. The molecule has 0 N–H and O–H groups in total. The SMILES string of the molecule is CCCN1c2c(c(C)nc3c(-c4c(C)cc(C)cc4C)c(C)nn23)CCC1C. The number of benzene rings is 1. The molecule has 0 saturated carbocycles. The highest BCUT2D eigenvalue weighted by Gasteiger charge is 2.29. The lowest BCUT2D eigenvalue weighted by Gasteiger charge is -2.37. The molecule has 1 aliphatic rings. The van der Waals surface area contributed by atoms with Gasteiger partial charge in [0.15, 0.2) is 5.65 Å². The van der Waals surface area contributed by atoms with Crippen LogP contribution in [0.2, 0.25) is 0 Å². The van der Waals surface area contributed by atoms with Crippen LogP contribution in [-0.2, 0) is 6.42 Å². The fraction of sp³-hybridized carbons (Fsp3) is 0.500. The molecule has 1 aliphatic heterocycles. The highest BCUT2D eigenvalue weighted by molar-refractivity contribution is 5.85. The maximum atomic E-state index is 5.08. The molecular weight excluding hydrogens is 344 g/mol. The second-order valence-electron chi connectivity index (χ2n) is 8.55. The third kappa shape index (κ3) is 2.81. The van der Waals surface area contributed by atoms with E-state index in [1.807, 2.05) is 0 Å². The van der Waals surface area contributed by atoms with E-state index in [-0.39, 0.29) is 0 Å². The van der Waals surface area contributed by atoms with Crippen LogP contribution in [0.4, 0.5) is 5.82 Å². The fourth-order valence-corrected chi connectivity index (χ4v) is 5.02. The lowest BCUT2D eigenvalue weighted by Crippen LogP contribution is -2.40. The zero-order valence-corrected chi connectivity index (χ0v) is 18.3. The monoisotopic (exact) mass is 376 g/mol. The second-order valence-corrected chi connectivity index (χ2v) is 8.55. The quantitative estimate of drug-likeness (QED) is 0.606. The molecule has 1 unspecified atom stereocenters. The van der Waals surface area contributed by atoms with Gasteiger partial charge in [0.1, 0.15) is 5.82 Å². The summed E-state index contributed by atoms with van der Waals surface area (Å²) in [5, 5.41) is 5.03. The van der Waals surface area contributed by atoms with Crippen molar-refractivity contribution in [3.8, 4) is 11.1 Å². The van der Waals surface area contributed by atoms with Gasteiger partial charge in [0, 0.05) is 23.8 Å². The predicted molar refractivity (Wildman–Crippen MR) is 118 cm³/mol. The molecule has 4 rings (SSSR count). The van der Waals surface area contributed by atoms with E-state index in [1.165, 1.54) is 45.6 Å². The fourth-order valence-electron chi connectivity index (χ4n) is 5.02.